The maximum atomic E-state index is 13.0. The SMILES string of the molecule is NC(=O)c1ccnn1-c1ccc(C(=O)c2ccc(NC(=O)c3ccc(N4CCC(O)CC4)cc3)cc2)cc1. The molecule has 4 N–H and O–H groups in total. The van der Waals surface area contributed by atoms with E-state index in [1.165, 1.54) is 16.9 Å². The number of aromatic nitrogens is 2. The molecule has 0 saturated carbocycles. The second-order valence-electron chi connectivity index (χ2n) is 9.17. The third kappa shape index (κ3) is 5.33. The monoisotopic (exact) mass is 509 g/mol. The van der Waals surface area contributed by atoms with Crippen molar-refractivity contribution >= 4 is 29.0 Å². The highest BCUT2D eigenvalue weighted by atomic mass is 16.3. The average Bonchev–Trinajstić information content (AvgIpc) is 3.44. The van der Waals surface area contributed by atoms with Gasteiger partial charge in [0.1, 0.15) is 5.69 Å². The number of anilines is 2. The first kappa shape index (κ1) is 24.9. The van der Waals surface area contributed by atoms with Gasteiger partial charge in [-0.05, 0) is 91.7 Å². The molecule has 5 rings (SSSR count). The van der Waals surface area contributed by atoms with Gasteiger partial charge in [-0.1, -0.05) is 0 Å². The van der Waals surface area contributed by atoms with Crippen LogP contribution in [0.4, 0.5) is 11.4 Å². The van der Waals surface area contributed by atoms with E-state index >= 15 is 0 Å². The van der Waals surface area contributed by atoms with E-state index in [0.717, 1.165) is 31.6 Å². The minimum absolute atomic E-state index is 0.175. The maximum Gasteiger partial charge on any atom is 0.267 e. The molecule has 38 heavy (non-hydrogen) atoms. The molecule has 1 saturated heterocycles. The van der Waals surface area contributed by atoms with Crippen LogP contribution >= 0.6 is 0 Å². The average molecular weight is 510 g/mol. The van der Waals surface area contributed by atoms with Gasteiger partial charge in [0.25, 0.3) is 11.8 Å². The molecule has 1 fully saturated rings. The molecular weight excluding hydrogens is 482 g/mol. The molecule has 192 valence electrons. The summed E-state index contributed by atoms with van der Waals surface area (Å²) >= 11 is 0. The van der Waals surface area contributed by atoms with Gasteiger partial charge in [0.15, 0.2) is 5.78 Å². The van der Waals surface area contributed by atoms with Gasteiger partial charge in [-0.25, -0.2) is 4.68 Å². The third-order valence-corrected chi connectivity index (χ3v) is 6.63. The number of amides is 2. The van der Waals surface area contributed by atoms with E-state index in [1.807, 2.05) is 12.1 Å². The van der Waals surface area contributed by atoms with E-state index in [2.05, 4.69) is 15.3 Å². The first-order valence-corrected chi connectivity index (χ1v) is 12.3. The van der Waals surface area contributed by atoms with Gasteiger partial charge in [0.05, 0.1) is 18.0 Å². The molecule has 0 unspecified atom stereocenters. The van der Waals surface area contributed by atoms with Crippen LogP contribution in [0.3, 0.4) is 0 Å². The Morgan fingerprint density at radius 1 is 0.789 bits per heavy atom. The van der Waals surface area contributed by atoms with Crippen molar-refractivity contribution in [1.82, 2.24) is 9.78 Å². The molecule has 0 bridgehead atoms. The highest BCUT2D eigenvalue weighted by Crippen LogP contribution is 2.22. The second-order valence-corrected chi connectivity index (χ2v) is 9.17. The first-order chi connectivity index (χ1) is 18.4. The maximum absolute atomic E-state index is 13.0. The zero-order valence-corrected chi connectivity index (χ0v) is 20.6. The van der Waals surface area contributed by atoms with E-state index in [9.17, 15) is 19.5 Å². The molecule has 0 spiro atoms. The lowest BCUT2D eigenvalue weighted by Gasteiger charge is -2.31. The summed E-state index contributed by atoms with van der Waals surface area (Å²) in [7, 11) is 0. The second kappa shape index (κ2) is 10.7. The Hall–Kier alpha value is -4.76. The highest BCUT2D eigenvalue weighted by molar-refractivity contribution is 6.09. The standard InChI is InChI=1S/C29H27N5O4/c30-28(37)26-13-16-31-34(26)24-11-3-20(4-12-24)27(36)19-1-7-22(8-2-19)32-29(38)21-5-9-23(10-6-21)33-17-14-25(35)15-18-33/h1-13,16,25,35H,14-15,17-18H2,(H2,30,37)(H,32,38). The Labute approximate surface area is 219 Å². The zero-order chi connectivity index (χ0) is 26.6. The van der Waals surface area contributed by atoms with Crippen molar-refractivity contribution in [2.45, 2.75) is 18.9 Å². The Bertz CT molecular complexity index is 1450. The Kier molecular flexibility index (Phi) is 7.01. The summed E-state index contributed by atoms with van der Waals surface area (Å²) in [5.41, 5.74) is 9.32. The van der Waals surface area contributed by atoms with E-state index < -0.39 is 5.91 Å². The smallest absolute Gasteiger partial charge is 0.267 e. The quantitative estimate of drug-likeness (QED) is 0.327. The van der Waals surface area contributed by atoms with Gasteiger partial charge in [-0.15, -0.1) is 0 Å². The summed E-state index contributed by atoms with van der Waals surface area (Å²) in [5.74, 6) is -1.01. The number of piperidine rings is 1. The van der Waals surface area contributed by atoms with Crippen LogP contribution in [0.1, 0.15) is 49.6 Å². The lowest BCUT2D eigenvalue weighted by Crippen LogP contribution is -2.35. The van der Waals surface area contributed by atoms with Crippen LogP contribution in [-0.4, -0.2) is 51.7 Å². The molecule has 0 atom stereocenters. The number of carbonyl (C=O) groups is 3. The van der Waals surface area contributed by atoms with Crippen molar-refractivity contribution in [2.24, 2.45) is 5.73 Å². The third-order valence-electron chi connectivity index (χ3n) is 6.63. The largest absolute Gasteiger partial charge is 0.393 e. The predicted octanol–water partition coefficient (Wildman–Crippen LogP) is 3.42. The minimum Gasteiger partial charge on any atom is -0.393 e. The first-order valence-electron chi connectivity index (χ1n) is 12.3. The van der Waals surface area contributed by atoms with Gasteiger partial charge in [0, 0.05) is 41.2 Å². The molecule has 2 amide bonds. The van der Waals surface area contributed by atoms with Gasteiger partial charge in [-0.3, -0.25) is 14.4 Å². The van der Waals surface area contributed by atoms with Crippen LogP contribution in [0.25, 0.3) is 5.69 Å². The molecular formula is C29H27N5O4. The summed E-state index contributed by atoms with van der Waals surface area (Å²) < 4.78 is 1.42. The molecule has 3 aromatic carbocycles. The fourth-order valence-corrected chi connectivity index (χ4v) is 4.47. The van der Waals surface area contributed by atoms with Gasteiger partial charge < -0.3 is 21.1 Å². The van der Waals surface area contributed by atoms with Crippen LogP contribution in [0.2, 0.25) is 0 Å². The number of hydrogen-bond acceptors (Lipinski definition) is 6. The molecule has 0 radical (unpaired) electrons. The van der Waals surface area contributed by atoms with Crippen LogP contribution in [0.5, 0.6) is 0 Å². The normalized spacial score (nSPS) is 13.8. The van der Waals surface area contributed by atoms with E-state index in [0.29, 0.717) is 28.1 Å². The molecule has 0 aliphatic carbocycles. The van der Waals surface area contributed by atoms with E-state index in [4.69, 9.17) is 5.73 Å². The summed E-state index contributed by atoms with van der Waals surface area (Å²) in [6.07, 6.45) is 2.74. The fourth-order valence-electron chi connectivity index (χ4n) is 4.47. The van der Waals surface area contributed by atoms with Crippen molar-refractivity contribution in [3.05, 3.63) is 107 Å². The number of nitrogens with one attached hydrogen (secondary N) is 1. The number of nitrogens with two attached hydrogens (primary N) is 1. The number of hydrogen-bond donors (Lipinski definition) is 3. The van der Waals surface area contributed by atoms with Crippen LogP contribution < -0.4 is 16.0 Å². The molecule has 1 aliphatic rings. The summed E-state index contributed by atoms with van der Waals surface area (Å²) in [4.78, 5) is 39.4. The Morgan fingerprint density at radius 3 is 1.95 bits per heavy atom. The van der Waals surface area contributed by atoms with Crippen LogP contribution in [-0.2, 0) is 0 Å². The number of carbonyl (C=O) groups excluding carboxylic acids is 3. The number of aliphatic hydroxyl groups excluding tert-OH is 1. The molecule has 4 aromatic rings. The van der Waals surface area contributed by atoms with Gasteiger partial charge in [0.2, 0.25) is 0 Å². The van der Waals surface area contributed by atoms with Gasteiger partial charge in [-0.2, -0.15) is 5.10 Å². The number of ketones is 1. The summed E-state index contributed by atoms with van der Waals surface area (Å²) in [6, 6.07) is 22.4. The van der Waals surface area contributed by atoms with Gasteiger partial charge >= 0.3 is 0 Å². The molecule has 9 nitrogen and oxygen atoms in total. The lowest BCUT2D eigenvalue weighted by atomic mass is 10.0. The van der Waals surface area contributed by atoms with Crippen molar-refractivity contribution < 1.29 is 19.5 Å². The number of rotatable bonds is 7. The zero-order valence-electron chi connectivity index (χ0n) is 20.6. The van der Waals surface area contributed by atoms with Crippen molar-refractivity contribution in [2.75, 3.05) is 23.3 Å². The molecule has 2 heterocycles. The lowest BCUT2D eigenvalue weighted by molar-refractivity contribution is 0.0989. The predicted molar refractivity (Wildman–Crippen MR) is 144 cm³/mol. The Morgan fingerprint density at radius 2 is 1.34 bits per heavy atom. The number of nitrogens with zero attached hydrogens (tertiary/aromatic N) is 3. The Balaban J connectivity index is 1.21. The van der Waals surface area contributed by atoms with E-state index in [1.54, 1.807) is 60.7 Å². The molecule has 9 heteroatoms. The molecule has 1 aliphatic heterocycles. The fraction of sp³-hybridized carbons (Fsp3) is 0.172. The summed E-state index contributed by atoms with van der Waals surface area (Å²) in [6.45, 7) is 1.59. The summed E-state index contributed by atoms with van der Waals surface area (Å²) in [5, 5.41) is 16.7. The number of aliphatic hydroxyl groups is 1. The molecule has 1 aromatic heterocycles. The van der Waals surface area contributed by atoms with Crippen LogP contribution in [0, 0.1) is 0 Å². The number of primary amides is 1. The highest BCUT2D eigenvalue weighted by Gasteiger charge is 2.18. The minimum atomic E-state index is -0.592. The van der Waals surface area contributed by atoms with Crippen molar-refractivity contribution in [1.29, 1.82) is 0 Å². The number of benzene rings is 3. The van der Waals surface area contributed by atoms with Crippen molar-refractivity contribution in [3.8, 4) is 5.69 Å². The topological polar surface area (TPSA) is 131 Å². The van der Waals surface area contributed by atoms with E-state index in [-0.39, 0.29) is 23.5 Å². The van der Waals surface area contributed by atoms with Crippen molar-refractivity contribution in [3.63, 3.8) is 0 Å². The van der Waals surface area contributed by atoms with Crippen LogP contribution in [0.15, 0.2) is 85.1 Å².